The lowest BCUT2D eigenvalue weighted by Gasteiger charge is -2.29. The van der Waals surface area contributed by atoms with Gasteiger partial charge in [-0.2, -0.15) is 0 Å². The SMILES string of the molecule is CC(C)c1ccc(C2C(C(=O)C(C)(C)C)=C(O)C(=O)N2c2ccc(N(C)C)cc2)cc1. The van der Waals surface area contributed by atoms with E-state index in [9.17, 15) is 14.7 Å². The Balaban J connectivity index is 2.15. The Morgan fingerprint density at radius 2 is 1.55 bits per heavy atom. The minimum absolute atomic E-state index is 0.159. The third-order valence-electron chi connectivity index (χ3n) is 5.70. The fourth-order valence-corrected chi connectivity index (χ4v) is 3.80. The largest absolute Gasteiger partial charge is 0.503 e. The maximum atomic E-state index is 13.3. The number of Topliss-reactive ketones (excluding diaryl/α,β-unsaturated/α-hetero) is 1. The van der Waals surface area contributed by atoms with Gasteiger partial charge in [0, 0.05) is 30.9 Å². The van der Waals surface area contributed by atoms with Gasteiger partial charge in [0.2, 0.25) is 0 Å². The average Bonchev–Trinajstić information content (AvgIpc) is 2.97. The Bertz CT molecular complexity index is 1010. The number of ketones is 1. The van der Waals surface area contributed by atoms with Gasteiger partial charge >= 0.3 is 0 Å². The first kappa shape index (κ1) is 22.6. The minimum atomic E-state index is -0.732. The molecule has 1 heterocycles. The molecule has 0 saturated carbocycles. The van der Waals surface area contributed by atoms with E-state index < -0.39 is 23.1 Å². The van der Waals surface area contributed by atoms with E-state index in [0.29, 0.717) is 11.6 Å². The van der Waals surface area contributed by atoms with Gasteiger partial charge < -0.3 is 10.0 Å². The maximum absolute atomic E-state index is 13.3. The molecule has 0 radical (unpaired) electrons. The lowest BCUT2D eigenvalue weighted by atomic mass is 9.82. The highest BCUT2D eigenvalue weighted by Gasteiger charge is 2.46. The highest BCUT2D eigenvalue weighted by molar-refractivity contribution is 6.17. The number of aliphatic hydroxyl groups is 1. The van der Waals surface area contributed by atoms with E-state index in [2.05, 4.69) is 13.8 Å². The maximum Gasteiger partial charge on any atom is 0.294 e. The summed E-state index contributed by atoms with van der Waals surface area (Å²) in [6, 6.07) is 14.8. The van der Waals surface area contributed by atoms with Crippen LogP contribution in [0.5, 0.6) is 0 Å². The van der Waals surface area contributed by atoms with Crippen molar-refractivity contribution in [3.05, 3.63) is 71.0 Å². The summed E-state index contributed by atoms with van der Waals surface area (Å²) in [5.41, 5.74) is 3.03. The van der Waals surface area contributed by atoms with E-state index in [1.165, 1.54) is 10.5 Å². The second kappa shape index (κ2) is 8.22. The number of benzene rings is 2. The Hall–Kier alpha value is -3.08. The summed E-state index contributed by atoms with van der Waals surface area (Å²) < 4.78 is 0. The van der Waals surface area contributed by atoms with Crippen LogP contribution in [0.4, 0.5) is 11.4 Å². The molecule has 0 bridgehead atoms. The van der Waals surface area contributed by atoms with Crippen LogP contribution >= 0.6 is 0 Å². The summed E-state index contributed by atoms with van der Waals surface area (Å²) in [5.74, 6) is -0.880. The third kappa shape index (κ3) is 4.22. The minimum Gasteiger partial charge on any atom is -0.503 e. The number of aliphatic hydroxyl groups excluding tert-OH is 1. The topological polar surface area (TPSA) is 60.9 Å². The fourth-order valence-electron chi connectivity index (χ4n) is 3.80. The second-order valence-electron chi connectivity index (χ2n) is 9.65. The van der Waals surface area contributed by atoms with Crippen LogP contribution in [-0.4, -0.2) is 30.9 Å². The molecule has 164 valence electrons. The molecule has 2 aromatic rings. The van der Waals surface area contributed by atoms with Gasteiger partial charge in [0.05, 0.1) is 11.6 Å². The van der Waals surface area contributed by atoms with Crippen molar-refractivity contribution >= 4 is 23.1 Å². The van der Waals surface area contributed by atoms with Crippen molar-refractivity contribution in [2.45, 2.75) is 46.6 Å². The van der Waals surface area contributed by atoms with Crippen molar-refractivity contribution in [3.8, 4) is 0 Å². The molecule has 1 unspecified atom stereocenters. The molecule has 31 heavy (non-hydrogen) atoms. The van der Waals surface area contributed by atoms with Crippen molar-refractivity contribution in [2.75, 3.05) is 23.9 Å². The molecular weight excluding hydrogens is 388 g/mol. The lowest BCUT2D eigenvalue weighted by Crippen LogP contribution is -2.32. The van der Waals surface area contributed by atoms with Crippen LogP contribution in [0.25, 0.3) is 0 Å². The Morgan fingerprint density at radius 3 is 2.00 bits per heavy atom. The number of hydrogen-bond acceptors (Lipinski definition) is 4. The number of amides is 1. The summed E-state index contributed by atoms with van der Waals surface area (Å²) >= 11 is 0. The summed E-state index contributed by atoms with van der Waals surface area (Å²) in [4.78, 5) is 30.0. The lowest BCUT2D eigenvalue weighted by molar-refractivity contribution is -0.123. The van der Waals surface area contributed by atoms with Crippen molar-refractivity contribution < 1.29 is 14.7 Å². The van der Waals surface area contributed by atoms with Crippen molar-refractivity contribution in [1.82, 2.24) is 0 Å². The predicted octanol–water partition coefficient (Wildman–Crippen LogP) is 5.39. The number of rotatable bonds is 5. The zero-order valence-corrected chi connectivity index (χ0v) is 19.4. The van der Waals surface area contributed by atoms with Crippen LogP contribution in [0.2, 0.25) is 0 Å². The predicted molar refractivity (Wildman–Crippen MR) is 126 cm³/mol. The van der Waals surface area contributed by atoms with E-state index in [4.69, 9.17) is 0 Å². The number of nitrogens with zero attached hydrogens (tertiary/aromatic N) is 2. The van der Waals surface area contributed by atoms with Crippen molar-refractivity contribution in [2.24, 2.45) is 5.41 Å². The molecule has 5 nitrogen and oxygen atoms in total. The molecule has 5 heteroatoms. The number of hydrogen-bond donors (Lipinski definition) is 1. The van der Waals surface area contributed by atoms with E-state index >= 15 is 0 Å². The third-order valence-corrected chi connectivity index (χ3v) is 5.70. The van der Waals surface area contributed by atoms with Crippen molar-refractivity contribution in [1.29, 1.82) is 0 Å². The molecule has 1 N–H and O–H groups in total. The van der Waals surface area contributed by atoms with E-state index in [-0.39, 0.29) is 11.4 Å². The number of carbonyl (C=O) groups is 2. The molecule has 1 amide bonds. The van der Waals surface area contributed by atoms with Crippen LogP contribution in [0.15, 0.2) is 59.9 Å². The molecule has 0 aromatic heterocycles. The number of anilines is 2. The Kier molecular flexibility index (Phi) is 5.99. The summed E-state index contributed by atoms with van der Waals surface area (Å²) in [7, 11) is 3.89. The zero-order chi connectivity index (χ0) is 23.1. The van der Waals surface area contributed by atoms with Gasteiger partial charge in [-0.1, -0.05) is 58.9 Å². The van der Waals surface area contributed by atoms with Crippen LogP contribution in [0.3, 0.4) is 0 Å². The van der Waals surface area contributed by atoms with Gasteiger partial charge in [0.15, 0.2) is 11.5 Å². The van der Waals surface area contributed by atoms with Gasteiger partial charge in [0.25, 0.3) is 5.91 Å². The molecule has 0 aliphatic carbocycles. The molecule has 0 spiro atoms. The standard InChI is InChI=1S/C26H32N2O3/c1-16(2)17-8-10-18(11-9-17)22-21(24(30)26(3,4)5)23(29)25(31)28(22)20-14-12-19(13-15-20)27(6)7/h8-16,22,29H,1-7H3. The quantitative estimate of drug-likeness (QED) is 0.704. The Morgan fingerprint density at radius 1 is 1.00 bits per heavy atom. The Labute approximate surface area is 185 Å². The number of carbonyl (C=O) groups excluding carboxylic acids is 2. The summed E-state index contributed by atoms with van der Waals surface area (Å²) in [5, 5.41) is 10.8. The first-order valence-electron chi connectivity index (χ1n) is 10.6. The fraction of sp³-hybridized carbons (Fsp3) is 0.385. The first-order valence-corrected chi connectivity index (χ1v) is 10.6. The highest BCUT2D eigenvalue weighted by Crippen LogP contribution is 2.43. The molecule has 2 aromatic carbocycles. The van der Waals surface area contributed by atoms with Crippen molar-refractivity contribution in [3.63, 3.8) is 0 Å². The van der Waals surface area contributed by atoms with Crippen LogP contribution in [0, 0.1) is 5.41 Å². The van der Waals surface area contributed by atoms with Gasteiger partial charge in [-0.15, -0.1) is 0 Å². The summed E-state index contributed by atoms with van der Waals surface area (Å²) in [6.07, 6.45) is 0. The smallest absolute Gasteiger partial charge is 0.294 e. The summed E-state index contributed by atoms with van der Waals surface area (Å²) in [6.45, 7) is 9.63. The van der Waals surface area contributed by atoms with Crippen LogP contribution in [-0.2, 0) is 9.59 Å². The first-order chi connectivity index (χ1) is 14.4. The van der Waals surface area contributed by atoms with Gasteiger partial charge in [-0.3, -0.25) is 14.5 Å². The van der Waals surface area contributed by atoms with Crippen LogP contribution in [0.1, 0.15) is 57.7 Å². The molecular formula is C26H32N2O3. The molecule has 1 aliphatic heterocycles. The highest BCUT2D eigenvalue weighted by atomic mass is 16.3. The average molecular weight is 421 g/mol. The molecule has 0 fully saturated rings. The van der Waals surface area contributed by atoms with E-state index in [0.717, 1.165) is 11.3 Å². The molecule has 1 aliphatic rings. The monoisotopic (exact) mass is 420 g/mol. The molecule has 0 saturated heterocycles. The normalized spacial score (nSPS) is 17.0. The molecule has 1 atom stereocenters. The second-order valence-corrected chi connectivity index (χ2v) is 9.65. The zero-order valence-electron chi connectivity index (χ0n) is 19.4. The van der Waals surface area contributed by atoms with E-state index in [1.54, 1.807) is 20.8 Å². The van der Waals surface area contributed by atoms with E-state index in [1.807, 2.05) is 67.5 Å². The van der Waals surface area contributed by atoms with Crippen LogP contribution < -0.4 is 9.80 Å². The molecule has 3 rings (SSSR count). The van der Waals surface area contributed by atoms with Gasteiger partial charge in [-0.05, 0) is 41.3 Å². The van der Waals surface area contributed by atoms with Gasteiger partial charge in [-0.25, -0.2) is 0 Å². The van der Waals surface area contributed by atoms with Gasteiger partial charge in [0.1, 0.15) is 0 Å².